The number of hydrogen-bond donors (Lipinski definition) is 0. The van der Waals surface area contributed by atoms with Gasteiger partial charge in [0.25, 0.3) is 0 Å². The number of hydrogen-bond acceptors (Lipinski definition) is 5. The molecular weight excluding hydrogens is 342 g/mol. The molecule has 0 spiro atoms. The summed E-state index contributed by atoms with van der Waals surface area (Å²) in [4.78, 5) is 19.2. The summed E-state index contributed by atoms with van der Waals surface area (Å²) in [7, 11) is 1.65. The Balaban J connectivity index is 1.69. The van der Waals surface area contributed by atoms with E-state index in [4.69, 9.17) is 9.26 Å². The molecule has 1 atom stereocenters. The molecule has 0 N–H and O–H groups in total. The summed E-state index contributed by atoms with van der Waals surface area (Å²) in [6, 6.07) is 16.1. The van der Waals surface area contributed by atoms with Crippen LogP contribution in [0.15, 0.2) is 53.1 Å². The van der Waals surface area contributed by atoms with E-state index in [9.17, 15) is 4.79 Å². The Labute approximate surface area is 157 Å². The predicted molar refractivity (Wildman–Crippen MR) is 99.4 cm³/mol. The first kappa shape index (κ1) is 17.3. The second-order valence-corrected chi connectivity index (χ2v) is 6.62. The lowest BCUT2D eigenvalue weighted by molar-refractivity contribution is -0.132. The number of fused-ring (bicyclic) bond motifs is 1. The van der Waals surface area contributed by atoms with Gasteiger partial charge in [-0.3, -0.25) is 4.79 Å². The number of methoxy groups -OCH3 is 1. The quantitative estimate of drug-likeness (QED) is 0.712. The summed E-state index contributed by atoms with van der Waals surface area (Å²) in [5, 5.41) is 3.87. The highest BCUT2D eigenvalue weighted by molar-refractivity contribution is 5.79. The predicted octanol–water partition coefficient (Wildman–Crippen LogP) is 3.10. The van der Waals surface area contributed by atoms with Gasteiger partial charge in [-0.15, -0.1) is 0 Å². The molecule has 0 saturated heterocycles. The fourth-order valence-electron chi connectivity index (χ4n) is 3.63. The normalized spacial score (nSPS) is 16.1. The van der Waals surface area contributed by atoms with E-state index < -0.39 is 0 Å². The molecule has 0 radical (unpaired) electrons. The minimum absolute atomic E-state index is 0.00822. The van der Waals surface area contributed by atoms with Gasteiger partial charge in [-0.1, -0.05) is 41.6 Å². The van der Waals surface area contributed by atoms with Gasteiger partial charge in [0.05, 0.1) is 19.6 Å². The van der Waals surface area contributed by atoms with Crippen LogP contribution in [0.5, 0.6) is 5.75 Å². The van der Waals surface area contributed by atoms with Gasteiger partial charge < -0.3 is 14.2 Å². The third kappa shape index (κ3) is 3.43. The fourth-order valence-corrected chi connectivity index (χ4v) is 3.63. The maximum Gasteiger partial charge on any atom is 0.231 e. The molecule has 0 saturated carbocycles. The Morgan fingerprint density at radius 2 is 2.00 bits per heavy atom. The van der Waals surface area contributed by atoms with Crippen molar-refractivity contribution in [3.05, 3.63) is 76.9 Å². The number of carbonyl (C=O) groups is 1. The topological polar surface area (TPSA) is 68.5 Å². The van der Waals surface area contributed by atoms with Crippen molar-refractivity contribution >= 4 is 5.91 Å². The zero-order chi connectivity index (χ0) is 18.8. The number of nitrogens with zero attached hydrogens (tertiary/aromatic N) is 3. The highest BCUT2D eigenvalue weighted by atomic mass is 16.5. The number of amides is 1. The highest BCUT2D eigenvalue weighted by Gasteiger charge is 2.32. The average Bonchev–Trinajstić information content (AvgIpc) is 3.11. The first-order chi connectivity index (χ1) is 13.2. The minimum atomic E-state index is -0.138. The van der Waals surface area contributed by atoms with Crippen molar-refractivity contribution in [3.63, 3.8) is 0 Å². The molecule has 2 aromatic carbocycles. The lowest BCUT2D eigenvalue weighted by Gasteiger charge is -2.37. The lowest BCUT2D eigenvalue weighted by Crippen LogP contribution is -2.41. The summed E-state index contributed by atoms with van der Waals surface area (Å²) in [6.07, 6.45) is 0.964. The average molecular weight is 363 g/mol. The second-order valence-electron chi connectivity index (χ2n) is 6.62. The van der Waals surface area contributed by atoms with Crippen LogP contribution in [0.25, 0.3) is 0 Å². The number of aryl methyl sites for hydroxylation is 1. The van der Waals surface area contributed by atoms with E-state index in [2.05, 4.69) is 22.3 Å². The fraction of sp³-hybridized carbons (Fsp3) is 0.286. The molecule has 0 bridgehead atoms. The van der Waals surface area contributed by atoms with Crippen LogP contribution in [0.1, 0.15) is 34.4 Å². The number of aromatic nitrogens is 2. The molecule has 0 aliphatic carbocycles. The SMILES string of the molecule is COc1ccc(C2c3ccccc3CCN2C(=O)Cc2noc(C)n2)cc1. The number of ether oxygens (including phenoxy) is 1. The molecule has 2 heterocycles. The Morgan fingerprint density at radius 3 is 2.70 bits per heavy atom. The number of benzene rings is 2. The van der Waals surface area contributed by atoms with E-state index >= 15 is 0 Å². The third-order valence-corrected chi connectivity index (χ3v) is 4.91. The van der Waals surface area contributed by atoms with Gasteiger partial charge in [-0.05, 0) is 35.2 Å². The first-order valence-electron chi connectivity index (χ1n) is 8.96. The lowest BCUT2D eigenvalue weighted by atomic mass is 9.88. The van der Waals surface area contributed by atoms with E-state index in [0.29, 0.717) is 18.3 Å². The Hall–Kier alpha value is -3.15. The number of rotatable bonds is 4. The Bertz CT molecular complexity index is 949. The molecule has 1 aromatic heterocycles. The summed E-state index contributed by atoms with van der Waals surface area (Å²) in [5.41, 5.74) is 3.49. The van der Waals surface area contributed by atoms with Gasteiger partial charge in [0, 0.05) is 13.5 Å². The summed E-state index contributed by atoms with van der Waals surface area (Å²) in [6.45, 7) is 2.38. The molecule has 1 aliphatic rings. The zero-order valence-corrected chi connectivity index (χ0v) is 15.4. The maximum atomic E-state index is 13.1. The van der Waals surface area contributed by atoms with Crippen LogP contribution in [0.2, 0.25) is 0 Å². The molecule has 1 amide bonds. The van der Waals surface area contributed by atoms with Crippen LogP contribution < -0.4 is 4.74 Å². The summed E-state index contributed by atoms with van der Waals surface area (Å²) < 4.78 is 10.3. The molecule has 1 aliphatic heterocycles. The Morgan fingerprint density at radius 1 is 1.22 bits per heavy atom. The molecule has 1 unspecified atom stereocenters. The van der Waals surface area contributed by atoms with E-state index in [0.717, 1.165) is 23.3 Å². The van der Waals surface area contributed by atoms with Gasteiger partial charge in [0.1, 0.15) is 5.75 Å². The van der Waals surface area contributed by atoms with Gasteiger partial charge in [-0.25, -0.2) is 0 Å². The van der Waals surface area contributed by atoms with Crippen molar-refractivity contribution in [1.82, 2.24) is 15.0 Å². The molecule has 0 fully saturated rings. The highest BCUT2D eigenvalue weighted by Crippen LogP contribution is 2.36. The van der Waals surface area contributed by atoms with Crippen molar-refractivity contribution in [1.29, 1.82) is 0 Å². The largest absolute Gasteiger partial charge is 0.497 e. The molecule has 138 valence electrons. The van der Waals surface area contributed by atoms with Crippen LogP contribution in [0.3, 0.4) is 0 Å². The van der Waals surface area contributed by atoms with E-state index in [1.54, 1.807) is 14.0 Å². The van der Waals surface area contributed by atoms with Gasteiger partial charge in [0.15, 0.2) is 5.82 Å². The minimum Gasteiger partial charge on any atom is -0.497 e. The first-order valence-corrected chi connectivity index (χ1v) is 8.96. The number of carbonyl (C=O) groups excluding carboxylic acids is 1. The van der Waals surface area contributed by atoms with Gasteiger partial charge in [-0.2, -0.15) is 4.98 Å². The Kier molecular flexibility index (Phi) is 4.62. The summed E-state index contributed by atoms with van der Waals surface area (Å²) in [5.74, 6) is 1.67. The van der Waals surface area contributed by atoms with Crippen molar-refractivity contribution in [3.8, 4) is 5.75 Å². The van der Waals surface area contributed by atoms with Crippen LogP contribution >= 0.6 is 0 Å². The smallest absolute Gasteiger partial charge is 0.231 e. The monoisotopic (exact) mass is 363 g/mol. The maximum absolute atomic E-state index is 13.1. The molecular formula is C21H21N3O3. The molecule has 3 aromatic rings. The second kappa shape index (κ2) is 7.23. The van der Waals surface area contributed by atoms with Crippen LogP contribution in [0, 0.1) is 6.92 Å². The van der Waals surface area contributed by atoms with E-state index in [1.165, 1.54) is 5.56 Å². The standard InChI is InChI=1S/C21H21N3O3/c1-14-22-19(23-27-14)13-20(25)24-12-11-15-5-3-4-6-18(15)21(24)16-7-9-17(26-2)10-8-16/h3-10,21H,11-13H2,1-2H3. The molecule has 6 heteroatoms. The molecule has 4 rings (SSSR count). The molecule has 6 nitrogen and oxygen atoms in total. The van der Waals surface area contributed by atoms with Gasteiger partial charge in [0.2, 0.25) is 11.8 Å². The van der Waals surface area contributed by atoms with Crippen LogP contribution in [-0.2, 0) is 17.6 Å². The molecule has 27 heavy (non-hydrogen) atoms. The van der Waals surface area contributed by atoms with Crippen molar-refractivity contribution in [2.45, 2.75) is 25.8 Å². The van der Waals surface area contributed by atoms with Crippen molar-refractivity contribution < 1.29 is 14.1 Å². The van der Waals surface area contributed by atoms with Crippen molar-refractivity contribution in [2.24, 2.45) is 0 Å². The summed E-state index contributed by atoms with van der Waals surface area (Å²) >= 11 is 0. The third-order valence-electron chi connectivity index (χ3n) is 4.91. The van der Waals surface area contributed by atoms with Crippen molar-refractivity contribution in [2.75, 3.05) is 13.7 Å². The van der Waals surface area contributed by atoms with E-state index in [-0.39, 0.29) is 18.4 Å². The van der Waals surface area contributed by atoms with Gasteiger partial charge >= 0.3 is 0 Å². The zero-order valence-electron chi connectivity index (χ0n) is 15.4. The van der Waals surface area contributed by atoms with Crippen LogP contribution in [-0.4, -0.2) is 34.6 Å². The van der Waals surface area contributed by atoms with E-state index in [1.807, 2.05) is 41.3 Å². The van der Waals surface area contributed by atoms with Crippen LogP contribution in [0.4, 0.5) is 0 Å².